The largest absolute Gasteiger partial charge is 0.497 e. The van der Waals surface area contributed by atoms with Gasteiger partial charge in [-0.2, -0.15) is 0 Å². The minimum atomic E-state index is -2.16. The highest BCUT2D eigenvalue weighted by Gasteiger charge is 2.74. The van der Waals surface area contributed by atoms with Crippen molar-refractivity contribution in [2.75, 3.05) is 46.8 Å². The van der Waals surface area contributed by atoms with E-state index in [1.807, 2.05) is 13.0 Å². The summed E-state index contributed by atoms with van der Waals surface area (Å²) < 4.78 is 95.3. The molecule has 0 radical (unpaired) electrons. The summed E-state index contributed by atoms with van der Waals surface area (Å²) >= 11 is 0. The van der Waals surface area contributed by atoms with E-state index in [4.69, 9.17) is 75.8 Å². The minimum absolute atomic E-state index is 0.0135. The van der Waals surface area contributed by atoms with Crippen molar-refractivity contribution in [2.45, 2.75) is 322 Å². The lowest BCUT2D eigenvalue weighted by atomic mass is 9.33. The van der Waals surface area contributed by atoms with Crippen LogP contribution in [0.5, 0.6) is 5.75 Å². The SMILES string of the molecule is COc1ccc(C=CC(=O)OC2C(C)OC(OC(=O)C34CCC(C)(C)CC3C3=CCC5C6(C)CC(O)C(OC7OC(CO)C(O)C(O)C7O)C(C)(C(=O)O)C6CCC5(C)C3(CO)CC4)C(O)C2OC2OC(C)C(O)C(O)C2OC2OC(C)C(OC3OCC(OC4OC(CO)C(O)C(OC5OCC(O)(CO)C5O)C4O)C(O)C3O)C(O)C2O)cc1. The highest BCUT2D eigenvalue weighted by molar-refractivity contribution is 5.87. The van der Waals surface area contributed by atoms with E-state index in [-0.39, 0.29) is 38.7 Å². The summed E-state index contributed by atoms with van der Waals surface area (Å²) in [6, 6.07) is 6.64. The number of hydrogen-bond donors (Lipinski definition) is 20. The molecular formula is C80H120O39. The summed E-state index contributed by atoms with van der Waals surface area (Å²) in [5.74, 6) is -4.30. The van der Waals surface area contributed by atoms with E-state index in [1.54, 1.807) is 24.3 Å². The molecule has 7 saturated heterocycles. The van der Waals surface area contributed by atoms with Crippen LogP contribution in [0.25, 0.3) is 6.08 Å². The number of carbonyl (C=O) groups is 3. The van der Waals surface area contributed by atoms with Crippen molar-refractivity contribution in [2.24, 2.45) is 50.2 Å². The highest BCUT2D eigenvalue weighted by Crippen LogP contribution is 2.76. The lowest BCUT2D eigenvalue weighted by Gasteiger charge is -2.71. The van der Waals surface area contributed by atoms with Gasteiger partial charge in [-0.15, -0.1) is 0 Å². The molecule has 1 aromatic carbocycles. The molecule has 0 bridgehead atoms. The number of aliphatic hydroxyl groups is 19. The van der Waals surface area contributed by atoms with Gasteiger partial charge in [-0.25, -0.2) is 4.79 Å². The molecule has 42 atom stereocenters. The summed E-state index contributed by atoms with van der Waals surface area (Å²) in [4.78, 5) is 44.0. The third kappa shape index (κ3) is 16.4. The van der Waals surface area contributed by atoms with Crippen LogP contribution in [-0.4, -0.2) is 375 Å². The fourth-order valence-corrected chi connectivity index (χ4v) is 21.7. The van der Waals surface area contributed by atoms with E-state index in [2.05, 4.69) is 20.8 Å². The number of methoxy groups -OCH3 is 1. The van der Waals surface area contributed by atoms with Crippen LogP contribution in [0.15, 0.2) is 42.0 Å². The number of aliphatic carboxylic acids is 1. The molecule has 39 heteroatoms. The molecule has 1 aromatic rings. The Hall–Kier alpha value is -4.37. The number of carboxylic acids is 1. The predicted octanol–water partition coefficient (Wildman–Crippen LogP) is -4.92. The van der Waals surface area contributed by atoms with Gasteiger partial charge in [0.1, 0.15) is 140 Å². The second-order valence-electron chi connectivity index (χ2n) is 36.2. The van der Waals surface area contributed by atoms with E-state index in [1.165, 1.54) is 40.9 Å². The van der Waals surface area contributed by atoms with Crippen LogP contribution in [-0.2, 0) is 85.4 Å². The van der Waals surface area contributed by atoms with Crippen molar-refractivity contribution < 1.29 is 192 Å². The van der Waals surface area contributed by atoms with E-state index < -0.39 is 310 Å². The zero-order chi connectivity index (χ0) is 86.6. The van der Waals surface area contributed by atoms with Crippen molar-refractivity contribution >= 4 is 24.0 Å². The van der Waals surface area contributed by atoms with E-state index in [0.717, 1.165) is 11.6 Å². The number of carbonyl (C=O) groups excluding carboxylic acids is 2. The molecule has 42 unspecified atom stereocenters. The molecular weight excluding hydrogens is 1580 g/mol. The van der Waals surface area contributed by atoms with Gasteiger partial charge in [0.2, 0.25) is 6.29 Å². The van der Waals surface area contributed by atoms with Crippen molar-refractivity contribution in [3.63, 3.8) is 0 Å². The Balaban J connectivity index is 0.724. The number of rotatable bonds is 23. The molecule has 11 fully saturated rings. The molecule has 5 aliphatic carbocycles. The minimum Gasteiger partial charge on any atom is -0.497 e. The number of allylic oxidation sites excluding steroid dienone is 1. The predicted molar refractivity (Wildman–Crippen MR) is 395 cm³/mol. The maximum atomic E-state index is 16.0. The van der Waals surface area contributed by atoms with Crippen molar-refractivity contribution in [1.82, 2.24) is 0 Å². The fraction of sp³-hybridized carbons (Fsp3) is 0.838. The third-order valence-electron chi connectivity index (χ3n) is 28.8. The molecule has 4 saturated carbocycles. The molecule has 13 rings (SSSR count). The smallest absolute Gasteiger partial charge is 0.331 e. The Kier molecular flexibility index (Phi) is 27.5. The highest BCUT2D eigenvalue weighted by atomic mass is 16.8. The maximum absolute atomic E-state index is 16.0. The van der Waals surface area contributed by atoms with Crippen molar-refractivity contribution in [3.8, 4) is 5.75 Å². The molecule has 119 heavy (non-hydrogen) atoms. The van der Waals surface area contributed by atoms with Gasteiger partial charge in [0.05, 0.1) is 82.0 Å². The molecule has 7 aliphatic heterocycles. The van der Waals surface area contributed by atoms with Gasteiger partial charge in [0.15, 0.2) is 43.8 Å². The number of benzene rings is 1. The summed E-state index contributed by atoms with van der Waals surface area (Å²) in [5, 5.41) is 224. The number of hydrogen-bond acceptors (Lipinski definition) is 38. The van der Waals surface area contributed by atoms with Crippen LogP contribution in [0.4, 0.5) is 0 Å². The van der Waals surface area contributed by atoms with Gasteiger partial charge in [-0.1, -0.05) is 51.5 Å². The maximum Gasteiger partial charge on any atom is 0.331 e. The molecule has 674 valence electrons. The zero-order valence-electron chi connectivity index (χ0n) is 67.6. The monoisotopic (exact) mass is 1700 g/mol. The first-order chi connectivity index (χ1) is 56.1. The third-order valence-corrected chi connectivity index (χ3v) is 28.8. The molecule has 39 nitrogen and oxygen atoms in total. The number of esters is 2. The second kappa shape index (κ2) is 35.5. The van der Waals surface area contributed by atoms with E-state index >= 15 is 4.79 Å². The van der Waals surface area contributed by atoms with Gasteiger partial charge < -0.3 is 178 Å². The first kappa shape index (κ1) is 92.3. The number of fused-ring (bicyclic) bond motifs is 7. The first-order valence-corrected chi connectivity index (χ1v) is 40.9. The Bertz CT molecular complexity index is 3730. The Morgan fingerprint density at radius 3 is 1.75 bits per heavy atom. The van der Waals surface area contributed by atoms with Crippen LogP contribution in [0.1, 0.15) is 119 Å². The van der Waals surface area contributed by atoms with Crippen LogP contribution in [0, 0.1) is 50.2 Å². The lowest BCUT2D eigenvalue weighted by Crippen LogP contribution is -2.71. The summed E-state index contributed by atoms with van der Waals surface area (Å²) in [5.41, 5.74) is -7.30. The van der Waals surface area contributed by atoms with Gasteiger partial charge in [0, 0.05) is 11.5 Å². The number of aliphatic hydroxyl groups excluding tert-OH is 18. The van der Waals surface area contributed by atoms with Crippen molar-refractivity contribution in [1.29, 1.82) is 0 Å². The standard InChI is InChI=1S/C80H120O39/c1-32-46(87)51(92)62(117-66-55(96)52(93)58(33(2)108-66)114-65-53(94)48(89)42(28-105-65)112-69-56(97)60(49(90)41(27-82)111-69)115-71-63(99)80(103,30-84)31-106-71)70(107-32)116-61-57(98)68(109-34(3)59(61)113-45(86)17-12-35-10-13-36(104-9)14-11-35)119-73(102)78-21-20-74(4,5)24-38(78)37-15-16-43-75(6)25-39(85)64(118-67-54(95)50(91)47(88)40(26-81)110-67)77(8,72(100)101)44(75)18-19-76(43,7)79(37,29-83)23-22-78/h10-15,17,32-34,38-44,46-71,81-85,87-99,103H,16,18-31H2,1-9H3,(H,100,101). The average molecular weight is 1710 g/mol. The summed E-state index contributed by atoms with van der Waals surface area (Å²) in [6.45, 7) is 9.57. The Labute approximate surface area is 685 Å². The van der Waals surface area contributed by atoms with Crippen LogP contribution >= 0.6 is 0 Å². The summed E-state index contributed by atoms with van der Waals surface area (Å²) in [6.07, 6.45) is -51.5. The topological polar surface area (TPSA) is 603 Å². The van der Waals surface area contributed by atoms with Gasteiger partial charge in [-0.3, -0.25) is 9.59 Å². The van der Waals surface area contributed by atoms with E-state index in [9.17, 15) is 112 Å². The van der Waals surface area contributed by atoms with Gasteiger partial charge >= 0.3 is 17.9 Å². The summed E-state index contributed by atoms with van der Waals surface area (Å²) in [7, 11) is 1.48. The molecule has 0 aromatic heterocycles. The van der Waals surface area contributed by atoms with Crippen LogP contribution < -0.4 is 4.74 Å². The molecule has 20 N–H and O–H groups in total. The Morgan fingerprint density at radius 1 is 0.521 bits per heavy atom. The lowest BCUT2D eigenvalue weighted by molar-refractivity contribution is -0.392. The first-order valence-electron chi connectivity index (χ1n) is 40.9. The quantitative estimate of drug-likeness (QED) is 0.0211. The van der Waals surface area contributed by atoms with Gasteiger partial charge in [0.25, 0.3) is 0 Å². The number of carboxylic acid groups (broad SMARTS) is 1. The fourth-order valence-electron chi connectivity index (χ4n) is 21.7. The molecule has 7 heterocycles. The zero-order valence-corrected chi connectivity index (χ0v) is 67.6. The average Bonchev–Trinajstić information content (AvgIpc) is 1.59. The van der Waals surface area contributed by atoms with Gasteiger partial charge in [-0.05, 0) is 143 Å². The molecule has 12 aliphatic rings. The van der Waals surface area contributed by atoms with Crippen LogP contribution in [0.3, 0.4) is 0 Å². The number of ether oxygens (including phenoxy) is 16. The van der Waals surface area contributed by atoms with E-state index in [0.29, 0.717) is 37.0 Å². The Morgan fingerprint density at radius 2 is 1.10 bits per heavy atom. The van der Waals surface area contributed by atoms with Crippen LogP contribution in [0.2, 0.25) is 0 Å². The van der Waals surface area contributed by atoms with Crippen molar-refractivity contribution in [3.05, 3.63) is 47.6 Å². The molecule has 0 amide bonds. The molecule has 0 spiro atoms. The second-order valence-corrected chi connectivity index (χ2v) is 36.2. The normalized spacial score (nSPS) is 50.5.